The highest BCUT2D eigenvalue weighted by molar-refractivity contribution is 5.88. The van der Waals surface area contributed by atoms with E-state index in [9.17, 15) is 14.7 Å². The molecule has 1 aliphatic heterocycles. The molecule has 3 aromatic carbocycles. The Kier molecular flexibility index (Phi) is 6.79. The zero-order valence-electron chi connectivity index (χ0n) is 22.1. The molecule has 1 saturated heterocycles. The van der Waals surface area contributed by atoms with Gasteiger partial charge in [-0.15, -0.1) is 0 Å². The standard InChI is InChI=1S/C33H33N3O3/c1-2-24-17-27(33(38)39)32(37)34-30(24)25-13-15-26(16-14-25)35-20-28-29(21-35)31(28)36(18-22-9-5-3-6-10-22)19-23-11-7-4-8-12-23/h3-17,28-29,31H,2,18-21H2,1H3,(H,34,37)(H,38,39)/t28-,29+,31+. The minimum Gasteiger partial charge on any atom is -0.477 e. The number of nitrogens with zero attached hydrogens (tertiary/aromatic N) is 2. The van der Waals surface area contributed by atoms with Gasteiger partial charge in [-0.05, 0) is 58.7 Å². The van der Waals surface area contributed by atoms with Gasteiger partial charge in [0.15, 0.2) is 0 Å². The average molecular weight is 520 g/mol. The molecule has 2 fully saturated rings. The molecule has 1 aromatic heterocycles. The number of hydrogen-bond acceptors (Lipinski definition) is 4. The lowest BCUT2D eigenvalue weighted by Gasteiger charge is -2.28. The minimum atomic E-state index is -1.20. The number of nitrogens with one attached hydrogen (secondary N) is 1. The third-order valence-electron chi connectivity index (χ3n) is 8.28. The Morgan fingerprint density at radius 1 is 0.897 bits per heavy atom. The van der Waals surface area contributed by atoms with Crippen molar-refractivity contribution >= 4 is 11.7 Å². The van der Waals surface area contributed by atoms with Crippen LogP contribution in [0.1, 0.15) is 34.0 Å². The number of aromatic carboxylic acids is 1. The third kappa shape index (κ3) is 5.12. The van der Waals surface area contributed by atoms with Crippen LogP contribution in [-0.2, 0) is 19.5 Å². The summed E-state index contributed by atoms with van der Waals surface area (Å²) >= 11 is 0. The summed E-state index contributed by atoms with van der Waals surface area (Å²) < 4.78 is 0. The first-order chi connectivity index (χ1) is 19.0. The monoisotopic (exact) mass is 519 g/mol. The number of aromatic amines is 1. The number of aromatic nitrogens is 1. The van der Waals surface area contributed by atoms with Gasteiger partial charge in [-0.3, -0.25) is 9.69 Å². The van der Waals surface area contributed by atoms with Crippen LogP contribution in [0, 0.1) is 11.8 Å². The van der Waals surface area contributed by atoms with Crippen LogP contribution < -0.4 is 10.5 Å². The molecule has 198 valence electrons. The Hall–Kier alpha value is -4.16. The fraction of sp³-hybridized carbons (Fsp3) is 0.273. The molecule has 2 heterocycles. The van der Waals surface area contributed by atoms with Crippen LogP contribution >= 0.6 is 0 Å². The molecule has 6 rings (SSSR count). The molecule has 2 N–H and O–H groups in total. The lowest BCUT2D eigenvalue weighted by atomic mass is 10.0. The van der Waals surface area contributed by atoms with Gasteiger partial charge in [-0.25, -0.2) is 4.79 Å². The highest BCUT2D eigenvalue weighted by Gasteiger charge is 2.58. The van der Waals surface area contributed by atoms with E-state index in [-0.39, 0.29) is 5.56 Å². The van der Waals surface area contributed by atoms with Crippen LogP contribution in [0.2, 0.25) is 0 Å². The van der Waals surface area contributed by atoms with Crippen LogP contribution in [0.5, 0.6) is 0 Å². The second-order valence-electron chi connectivity index (χ2n) is 10.7. The van der Waals surface area contributed by atoms with Gasteiger partial charge < -0.3 is 15.0 Å². The Morgan fingerprint density at radius 3 is 1.97 bits per heavy atom. The first-order valence-corrected chi connectivity index (χ1v) is 13.7. The molecule has 2 aliphatic rings. The number of carboxylic acid groups (broad SMARTS) is 1. The molecular weight excluding hydrogens is 486 g/mol. The van der Waals surface area contributed by atoms with Gasteiger partial charge >= 0.3 is 5.97 Å². The fourth-order valence-electron chi connectivity index (χ4n) is 6.26. The van der Waals surface area contributed by atoms with E-state index < -0.39 is 11.5 Å². The first-order valence-electron chi connectivity index (χ1n) is 13.7. The number of hydrogen-bond donors (Lipinski definition) is 2. The van der Waals surface area contributed by atoms with Crippen molar-refractivity contribution < 1.29 is 9.90 Å². The summed E-state index contributed by atoms with van der Waals surface area (Å²) in [6.45, 7) is 5.96. The van der Waals surface area contributed by atoms with Crippen molar-refractivity contribution in [2.75, 3.05) is 18.0 Å². The van der Waals surface area contributed by atoms with Crippen molar-refractivity contribution in [3.8, 4) is 11.3 Å². The van der Waals surface area contributed by atoms with Crippen molar-refractivity contribution in [1.82, 2.24) is 9.88 Å². The number of carbonyl (C=O) groups is 1. The van der Waals surface area contributed by atoms with Gasteiger partial charge in [-0.1, -0.05) is 79.7 Å². The lowest BCUT2D eigenvalue weighted by molar-refractivity contribution is 0.0695. The van der Waals surface area contributed by atoms with Crippen LogP contribution in [-0.4, -0.2) is 40.1 Å². The van der Waals surface area contributed by atoms with E-state index in [2.05, 4.69) is 87.6 Å². The third-order valence-corrected chi connectivity index (χ3v) is 8.28. The molecule has 0 unspecified atom stereocenters. The number of benzene rings is 3. The Balaban J connectivity index is 1.16. The largest absolute Gasteiger partial charge is 0.477 e. The smallest absolute Gasteiger partial charge is 0.341 e. The van der Waals surface area contributed by atoms with Crippen LogP contribution in [0.15, 0.2) is 95.8 Å². The van der Waals surface area contributed by atoms with Gasteiger partial charge in [0.2, 0.25) is 0 Å². The molecule has 0 spiro atoms. The number of carboxylic acids is 1. The van der Waals surface area contributed by atoms with Gasteiger partial charge in [0.05, 0.1) is 5.69 Å². The van der Waals surface area contributed by atoms with E-state index in [0.29, 0.717) is 30.0 Å². The summed E-state index contributed by atoms with van der Waals surface area (Å²) in [6, 6.07) is 31.9. The summed E-state index contributed by atoms with van der Waals surface area (Å²) in [5, 5.41) is 9.30. The number of piperidine rings is 1. The Bertz CT molecular complexity index is 1460. The molecule has 0 amide bonds. The highest BCUT2D eigenvalue weighted by atomic mass is 16.4. The summed E-state index contributed by atoms with van der Waals surface area (Å²) in [4.78, 5) is 31.6. The van der Waals surface area contributed by atoms with E-state index in [0.717, 1.165) is 37.3 Å². The Morgan fingerprint density at radius 2 is 1.46 bits per heavy atom. The topological polar surface area (TPSA) is 76.6 Å². The first kappa shape index (κ1) is 25.1. The molecule has 1 saturated carbocycles. The molecule has 6 nitrogen and oxygen atoms in total. The average Bonchev–Trinajstić information content (AvgIpc) is 3.46. The maximum Gasteiger partial charge on any atom is 0.341 e. The number of anilines is 1. The summed E-state index contributed by atoms with van der Waals surface area (Å²) in [5.41, 5.74) is 5.52. The molecule has 4 aromatic rings. The number of rotatable bonds is 9. The van der Waals surface area contributed by atoms with Gasteiger partial charge in [0, 0.05) is 37.9 Å². The van der Waals surface area contributed by atoms with E-state index >= 15 is 0 Å². The van der Waals surface area contributed by atoms with Crippen molar-refractivity contribution in [1.29, 1.82) is 0 Å². The van der Waals surface area contributed by atoms with Crippen LogP contribution in [0.25, 0.3) is 11.3 Å². The molecule has 3 atom stereocenters. The fourth-order valence-corrected chi connectivity index (χ4v) is 6.26. The molecule has 0 bridgehead atoms. The van der Waals surface area contributed by atoms with Crippen molar-refractivity contribution in [3.63, 3.8) is 0 Å². The summed E-state index contributed by atoms with van der Waals surface area (Å²) in [6.07, 6.45) is 0.632. The number of fused-ring (bicyclic) bond motifs is 1. The normalized spacial score (nSPS) is 19.7. The van der Waals surface area contributed by atoms with E-state index in [1.54, 1.807) is 0 Å². The van der Waals surface area contributed by atoms with Crippen molar-refractivity contribution in [3.05, 3.63) is 124 Å². The second-order valence-corrected chi connectivity index (χ2v) is 10.7. The zero-order chi connectivity index (χ0) is 26.9. The van der Waals surface area contributed by atoms with Crippen LogP contribution in [0.4, 0.5) is 5.69 Å². The van der Waals surface area contributed by atoms with E-state index in [4.69, 9.17) is 0 Å². The molecular formula is C33H33N3O3. The van der Waals surface area contributed by atoms with Crippen molar-refractivity contribution in [2.45, 2.75) is 32.5 Å². The number of aryl methyl sites for hydroxylation is 1. The van der Waals surface area contributed by atoms with Gasteiger partial charge in [0.25, 0.3) is 5.56 Å². The Labute approximate surface area is 228 Å². The lowest BCUT2D eigenvalue weighted by Crippen LogP contribution is -2.34. The zero-order valence-corrected chi connectivity index (χ0v) is 22.1. The predicted molar refractivity (Wildman–Crippen MR) is 154 cm³/mol. The quantitative estimate of drug-likeness (QED) is 0.308. The SMILES string of the molecule is CCc1cc(C(=O)O)c(=O)[nH]c1-c1ccc(N2C[C@@H]3[C@H](C2)[C@H]3N(Cc2ccccc2)Cc2ccccc2)cc1. The maximum atomic E-state index is 12.3. The second kappa shape index (κ2) is 10.5. The van der Waals surface area contributed by atoms with Gasteiger partial charge in [-0.2, -0.15) is 0 Å². The van der Waals surface area contributed by atoms with Gasteiger partial charge in [0.1, 0.15) is 5.56 Å². The predicted octanol–water partition coefficient (Wildman–Crippen LogP) is 5.44. The minimum absolute atomic E-state index is 0.216. The molecule has 0 radical (unpaired) electrons. The van der Waals surface area contributed by atoms with Crippen LogP contribution in [0.3, 0.4) is 0 Å². The van der Waals surface area contributed by atoms with Crippen molar-refractivity contribution in [2.24, 2.45) is 11.8 Å². The molecule has 6 heteroatoms. The molecule has 1 aliphatic carbocycles. The summed E-state index contributed by atoms with van der Waals surface area (Å²) in [5.74, 6) is 0.109. The molecule has 39 heavy (non-hydrogen) atoms. The maximum absolute atomic E-state index is 12.3. The van der Waals surface area contributed by atoms with E-state index in [1.165, 1.54) is 22.9 Å². The number of pyridine rings is 1. The van der Waals surface area contributed by atoms with E-state index in [1.807, 2.05) is 19.1 Å². The number of H-pyrrole nitrogens is 1. The summed E-state index contributed by atoms with van der Waals surface area (Å²) in [7, 11) is 0. The highest BCUT2D eigenvalue weighted by Crippen LogP contribution is 2.50.